The van der Waals surface area contributed by atoms with Gasteiger partial charge in [0.05, 0.1) is 11.7 Å². The fraction of sp³-hybridized carbons (Fsp3) is 0.429. The Morgan fingerprint density at radius 1 is 1.47 bits per heavy atom. The van der Waals surface area contributed by atoms with E-state index in [0.29, 0.717) is 13.0 Å². The van der Waals surface area contributed by atoms with Crippen LogP contribution in [0.2, 0.25) is 0 Å². The van der Waals surface area contributed by atoms with Crippen molar-refractivity contribution in [3.63, 3.8) is 0 Å². The van der Waals surface area contributed by atoms with E-state index < -0.39 is 0 Å². The summed E-state index contributed by atoms with van der Waals surface area (Å²) in [5, 5.41) is 16.9. The molecule has 2 N–H and O–H groups in total. The van der Waals surface area contributed by atoms with Crippen molar-refractivity contribution in [2.45, 2.75) is 19.9 Å². The van der Waals surface area contributed by atoms with Crippen LogP contribution in [0.4, 0.5) is 0 Å². The molecule has 0 radical (unpaired) electrons. The van der Waals surface area contributed by atoms with Gasteiger partial charge in [-0.05, 0) is 18.4 Å². The first kappa shape index (κ1) is 13.5. The molecular formula is C14H19N3O2. The smallest absolute Gasteiger partial charge is 0.241 e. The number of hydrogen-bond acceptors (Lipinski definition) is 3. The summed E-state index contributed by atoms with van der Waals surface area (Å²) < 4.78 is 1.70. The summed E-state index contributed by atoms with van der Waals surface area (Å²) in [6, 6.07) is 7.80. The number of aromatic nitrogens is 2. The minimum atomic E-state index is -0.0568. The summed E-state index contributed by atoms with van der Waals surface area (Å²) >= 11 is 0. The summed E-state index contributed by atoms with van der Waals surface area (Å²) in [4.78, 5) is 11.8. The molecule has 2 aromatic rings. The van der Waals surface area contributed by atoms with Crippen molar-refractivity contribution in [3.05, 3.63) is 30.5 Å². The van der Waals surface area contributed by atoms with Crippen LogP contribution in [0.25, 0.3) is 10.9 Å². The Labute approximate surface area is 112 Å². The molecule has 0 aliphatic heterocycles. The number of hydrogen-bond donors (Lipinski definition) is 2. The van der Waals surface area contributed by atoms with Crippen molar-refractivity contribution in [2.75, 3.05) is 13.2 Å². The molecule has 1 atom stereocenters. The Kier molecular flexibility index (Phi) is 4.52. The molecule has 102 valence electrons. The Morgan fingerprint density at radius 3 is 3.05 bits per heavy atom. The number of aliphatic hydroxyl groups excluding tert-OH is 1. The van der Waals surface area contributed by atoms with Crippen LogP contribution in [0.1, 0.15) is 13.3 Å². The Bertz CT molecular complexity index is 550. The van der Waals surface area contributed by atoms with Gasteiger partial charge < -0.3 is 10.4 Å². The number of benzene rings is 1. The van der Waals surface area contributed by atoms with Gasteiger partial charge in [0.2, 0.25) is 5.91 Å². The predicted molar refractivity (Wildman–Crippen MR) is 73.6 cm³/mol. The maximum absolute atomic E-state index is 11.8. The minimum Gasteiger partial charge on any atom is -0.396 e. The Hall–Kier alpha value is -1.88. The van der Waals surface area contributed by atoms with Gasteiger partial charge >= 0.3 is 0 Å². The van der Waals surface area contributed by atoms with E-state index in [-0.39, 0.29) is 25.0 Å². The highest BCUT2D eigenvalue weighted by molar-refractivity contribution is 5.81. The first-order valence-corrected chi connectivity index (χ1v) is 6.49. The van der Waals surface area contributed by atoms with E-state index in [1.807, 2.05) is 31.2 Å². The van der Waals surface area contributed by atoms with Gasteiger partial charge in [0.15, 0.2) is 0 Å². The molecule has 1 unspecified atom stereocenters. The normalized spacial score (nSPS) is 12.5. The molecule has 0 fully saturated rings. The van der Waals surface area contributed by atoms with E-state index in [1.54, 1.807) is 10.9 Å². The van der Waals surface area contributed by atoms with Crippen LogP contribution in [0.15, 0.2) is 30.5 Å². The molecule has 5 heteroatoms. The predicted octanol–water partition coefficient (Wildman–Crippen LogP) is 1.17. The summed E-state index contributed by atoms with van der Waals surface area (Å²) in [6.45, 7) is 2.96. The summed E-state index contributed by atoms with van der Waals surface area (Å²) in [5.74, 6) is 0.224. The lowest BCUT2D eigenvalue weighted by Crippen LogP contribution is -2.31. The average Bonchev–Trinajstić information content (AvgIpc) is 2.80. The number of carbonyl (C=O) groups is 1. The number of carbonyl (C=O) groups excluding carboxylic acids is 1. The monoisotopic (exact) mass is 261 g/mol. The summed E-state index contributed by atoms with van der Waals surface area (Å²) in [5.41, 5.74) is 0.959. The fourth-order valence-electron chi connectivity index (χ4n) is 1.95. The van der Waals surface area contributed by atoms with Crippen LogP contribution in [0, 0.1) is 5.92 Å². The maximum Gasteiger partial charge on any atom is 0.241 e. The number of rotatable bonds is 6. The van der Waals surface area contributed by atoms with Gasteiger partial charge in [-0.15, -0.1) is 0 Å². The molecule has 2 rings (SSSR count). The number of nitrogens with zero attached hydrogens (tertiary/aromatic N) is 2. The number of para-hydroxylation sites is 1. The SMILES string of the molecule is CC(CCO)CNC(=O)Cn1ncc2ccccc21. The average molecular weight is 261 g/mol. The molecule has 0 bridgehead atoms. The van der Waals surface area contributed by atoms with Crippen LogP contribution in [-0.4, -0.2) is 33.9 Å². The molecule has 0 aliphatic rings. The zero-order chi connectivity index (χ0) is 13.7. The van der Waals surface area contributed by atoms with Crippen molar-refractivity contribution in [1.29, 1.82) is 0 Å². The second-order valence-electron chi connectivity index (χ2n) is 4.78. The zero-order valence-electron chi connectivity index (χ0n) is 11.0. The third-order valence-corrected chi connectivity index (χ3v) is 3.11. The lowest BCUT2D eigenvalue weighted by atomic mass is 10.1. The quantitative estimate of drug-likeness (QED) is 0.820. The lowest BCUT2D eigenvalue weighted by molar-refractivity contribution is -0.121. The molecule has 5 nitrogen and oxygen atoms in total. The number of aliphatic hydroxyl groups is 1. The molecule has 19 heavy (non-hydrogen) atoms. The summed E-state index contributed by atoms with van der Waals surface area (Å²) in [6.07, 6.45) is 2.46. The molecule has 1 amide bonds. The zero-order valence-corrected chi connectivity index (χ0v) is 11.0. The van der Waals surface area contributed by atoms with E-state index in [9.17, 15) is 4.79 Å². The van der Waals surface area contributed by atoms with Crippen molar-refractivity contribution < 1.29 is 9.90 Å². The first-order valence-electron chi connectivity index (χ1n) is 6.49. The van der Waals surface area contributed by atoms with Crippen molar-refractivity contribution >= 4 is 16.8 Å². The number of nitrogens with one attached hydrogen (secondary N) is 1. The van der Waals surface area contributed by atoms with E-state index in [2.05, 4.69) is 10.4 Å². The van der Waals surface area contributed by atoms with Gasteiger partial charge in [0.1, 0.15) is 6.54 Å². The molecule has 1 heterocycles. The van der Waals surface area contributed by atoms with E-state index >= 15 is 0 Å². The van der Waals surface area contributed by atoms with Crippen molar-refractivity contribution in [1.82, 2.24) is 15.1 Å². The molecule has 0 spiro atoms. The van der Waals surface area contributed by atoms with Gasteiger partial charge in [0, 0.05) is 18.5 Å². The van der Waals surface area contributed by atoms with E-state index in [0.717, 1.165) is 10.9 Å². The molecule has 1 aromatic carbocycles. The van der Waals surface area contributed by atoms with E-state index in [4.69, 9.17) is 5.11 Å². The summed E-state index contributed by atoms with van der Waals surface area (Å²) in [7, 11) is 0. The minimum absolute atomic E-state index is 0.0568. The van der Waals surface area contributed by atoms with Gasteiger partial charge in [-0.3, -0.25) is 9.48 Å². The molecule has 0 saturated carbocycles. The standard InChI is InChI=1S/C14H19N3O2/c1-11(6-7-18)8-15-14(19)10-17-13-5-3-2-4-12(13)9-16-17/h2-5,9,11,18H,6-8,10H2,1H3,(H,15,19). The fourth-order valence-corrected chi connectivity index (χ4v) is 1.95. The number of amides is 1. The van der Waals surface area contributed by atoms with Crippen LogP contribution in [-0.2, 0) is 11.3 Å². The van der Waals surface area contributed by atoms with Crippen LogP contribution < -0.4 is 5.32 Å². The van der Waals surface area contributed by atoms with Crippen LogP contribution in [0.3, 0.4) is 0 Å². The molecular weight excluding hydrogens is 242 g/mol. The highest BCUT2D eigenvalue weighted by atomic mass is 16.3. The third-order valence-electron chi connectivity index (χ3n) is 3.11. The van der Waals surface area contributed by atoms with Crippen LogP contribution >= 0.6 is 0 Å². The molecule has 0 aliphatic carbocycles. The second-order valence-corrected chi connectivity index (χ2v) is 4.78. The first-order chi connectivity index (χ1) is 9.20. The van der Waals surface area contributed by atoms with Gasteiger partial charge in [-0.25, -0.2) is 0 Å². The van der Waals surface area contributed by atoms with E-state index in [1.165, 1.54) is 0 Å². The van der Waals surface area contributed by atoms with Gasteiger partial charge in [-0.2, -0.15) is 5.10 Å². The Morgan fingerprint density at radius 2 is 2.26 bits per heavy atom. The third kappa shape index (κ3) is 3.54. The lowest BCUT2D eigenvalue weighted by Gasteiger charge is -2.11. The van der Waals surface area contributed by atoms with Crippen molar-refractivity contribution in [2.24, 2.45) is 5.92 Å². The van der Waals surface area contributed by atoms with Gasteiger partial charge in [0.25, 0.3) is 0 Å². The van der Waals surface area contributed by atoms with Crippen LogP contribution in [0.5, 0.6) is 0 Å². The van der Waals surface area contributed by atoms with Crippen molar-refractivity contribution in [3.8, 4) is 0 Å². The Balaban J connectivity index is 1.92. The second kappa shape index (κ2) is 6.33. The molecule has 0 saturated heterocycles. The highest BCUT2D eigenvalue weighted by Gasteiger charge is 2.08. The molecule has 1 aromatic heterocycles. The highest BCUT2D eigenvalue weighted by Crippen LogP contribution is 2.12. The largest absolute Gasteiger partial charge is 0.396 e. The number of fused-ring (bicyclic) bond motifs is 1. The maximum atomic E-state index is 11.8. The van der Waals surface area contributed by atoms with Gasteiger partial charge in [-0.1, -0.05) is 25.1 Å². The topological polar surface area (TPSA) is 67.2 Å².